The lowest BCUT2D eigenvalue weighted by Crippen LogP contribution is -2.12. The van der Waals surface area contributed by atoms with Crippen LogP contribution in [0, 0.1) is 6.92 Å². The average Bonchev–Trinajstić information content (AvgIpc) is 3.36. The Morgan fingerprint density at radius 3 is 2.84 bits per heavy atom. The van der Waals surface area contributed by atoms with E-state index in [1.807, 2.05) is 11.4 Å². The Hall–Kier alpha value is -2.84. The Kier molecular flexibility index (Phi) is 4.12. The number of thiophene rings is 1. The molecule has 4 heterocycles. The number of aryl methyl sites for hydroxylation is 1. The third-order valence-corrected chi connectivity index (χ3v) is 5.28. The average molecular weight is 367 g/mol. The predicted octanol–water partition coefficient (Wildman–Crippen LogP) is 4.01. The van der Waals surface area contributed by atoms with Crippen LogP contribution < -0.4 is 5.32 Å². The van der Waals surface area contributed by atoms with Crippen molar-refractivity contribution in [3.8, 4) is 16.4 Å². The molecule has 4 aromatic rings. The highest BCUT2D eigenvalue weighted by Crippen LogP contribution is 2.30. The number of amides is 1. The van der Waals surface area contributed by atoms with Gasteiger partial charge in [0.15, 0.2) is 5.13 Å². The van der Waals surface area contributed by atoms with Gasteiger partial charge in [0.05, 0.1) is 16.1 Å². The minimum Gasteiger partial charge on any atom is -0.298 e. The molecule has 0 aliphatic carbocycles. The van der Waals surface area contributed by atoms with Crippen LogP contribution in [-0.4, -0.2) is 25.4 Å². The molecule has 0 aromatic carbocycles. The van der Waals surface area contributed by atoms with Crippen molar-refractivity contribution in [1.82, 2.24) is 19.5 Å². The predicted molar refractivity (Wildman–Crippen MR) is 99.5 cm³/mol. The van der Waals surface area contributed by atoms with Gasteiger partial charge < -0.3 is 0 Å². The van der Waals surface area contributed by atoms with Crippen molar-refractivity contribution in [3.63, 3.8) is 0 Å². The van der Waals surface area contributed by atoms with Crippen molar-refractivity contribution in [1.29, 1.82) is 0 Å². The van der Waals surface area contributed by atoms with E-state index in [9.17, 15) is 4.79 Å². The van der Waals surface area contributed by atoms with E-state index in [2.05, 4.69) is 33.3 Å². The van der Waals surface area contributed by atoms with Crippen LogP contribution in [0.1, 0.15) is 15.2 Å². The van der Waals surface area contributed by atoms with E-state index in [1.165, 1.54) is 16.2 Å². The summed E-state index contributed by atoms with van der Waals surface area (Å²) in [7, 11) is 0. The Bertz CT molecular complexity index is 1000. The number of nitrogens with one attached hydrogen (secondary N) is 1. The van der Waals surface area contributed by atoms with Crippen molar-refractivity contribution in [3.05, 3.63) is 65.0 Å². The van der Waals surface area contributed by atoms with Crippen LogP contribution in [0.5, 0.6) is 0 Å². The summed E-state index contributed by atoms with van der Waals surface area (Å²) in [5.74, 6) is 0.478. The molecule has 124 valence electrons. The van der Waals surface area contributed by atoms with E-state index < -0.39 is 0 Å². The van der Waals surface area contributed by atoms with Gasteiger partial charge in [-0.2, -0.15) is 0 Å². The number of rotatable bonds is 4. The lowest BCUT2D eigenvalue weighted by molar-refractivity contribution is 0.102. The van der Waals surface area contributed by atoms with Crippen molar-refractivity contribution in [2.24, 2.45) is 0 Å². The number of imidazole rings is 1. The first kappa shape index (κ1) is 15.7. The lowest BCUT2D eigenvalue weighted by Gasteiger charge is -2.03. The van der Waals surface area contributed by atoms with Gasteiger partial charge in [-0.1, -0.05) is 0 Å². The molecule has 0 aliphatic rings. The van der Waals surface area contributed by atoms with Gasteiger partial charge in [-0.05, 0) is 31.2 Å². The molecule has 25 heavy (non-hydrogen) atoms. The third kappa shape index (κ3) is 3.35. The Morgan fingerprint density at radius 1 is 1.24 bits per heavy atom. The molecular formula is C17H13N5OS2. The van der Waals surface area contributed by atoms with Crippen molar-refractivity contribution in [2.75, 3.05) is 5.32 Å². The van der Waals surface area contributed by atoms with Crippen LogP contribution >= 0.6 is 22.7 Å². The molecule has 1 N–H and O–H groups in total. The zero-order valence-electron chi connectivity index (χ0n) is 13.2. The number of nitrogens with zero attached hydrogens (tertiary/aromatic N) is 4. The number of hydrogen-bond acceptors (Lipinski definition) is 6. The van der Waals surface area contributed by atoms with Crippen LogP contribution in [0.15, 0.2) is 54.6 Å². The second-order valence-corrected chi connectivity index (χ2v) is 7.42. The van der Waals surface area contributed by atoms with Crippen LogP contribution in [0.4, 0.5) is 5.13 Å². The van der Waals surface area contributed by atoms with Gasteiger partial charge in [-0.15, -0.1) is 22.7 Å². The number of hydrogen-bond donors (Lipinski definition) is 1. The largest absolute Gasteiger partial charge is 0.298 e. The second-order valence-electron chi connectivity index (χ2n) is 5.28. The highest BCUT2D eigenvalue weighted by molar-refractivity contribution is 7.17. The van der Waals surface area contributed by atoms with E-state index in [0.717, 1.165) is 10.6 Å². The number of pyridine rings is 1. The van der Waals surface area contributed by atoms with Gasteiger partial charge in [0.25, 0.3) is 5.91 Å². The van der Waals surface area contributed by atoms with Crippen molar-refractivity contribution < 1.29 is 4.79 Å². The van der Waals surface area contributed by atoms with Gasteiger partial charge in [-0.3, -0.25) is 14.7 Å². The molecule has 0 fully saturated rings. The highest BCUT2D eigenvalue weighted by Gasteiger charge is 2.11. The molecule has 0 spiro atoms. The number of carbonyl (C=O) groups is 1. The summed E-state index contributed by atoms with van der Waals surface area (Å²) in [6.45, 7) is 2.06. The Labute approximate surface area is 151 Å². The summed E-state index contributed by atoms with van der Waals surface area (Å²) in [6, 6.07) is 7.61. The van der Waals surface area contributed by atoms with Crippen molar-refractivity contribution >= 4 is 33.7 Å². The van der Waals surface area contributed by atoms with Gasteiger partial charge in [0.2, 0.25) is 0 Å². The molecule has 0 radical (unpaired) electrons. The fourth-order valence-corrected chi connectivity index (χ4v) is 3.86. The molecule has 0 saturated carbocycles. The summed E-state index contributed by atoms with van der Waals surface area (Å²) < 4.78 is 1.78. The standard InChI is InChI=1S/C17H13N5OS2/c1-11-2-4-14(25-11)13-9-24-17(20-13)21-16(23)12-3-5-15(19-8-12)22-7-6-18-10-22/h2-10H,1H3,(H,20,21,23). The molecule has 0 bridgehead atoms. The quantitative estimate of drug-likeness (QED) is 0.591. The zero-order chi connectivity index (χ0) is 17.2. The van der Waals surface area contributed by atoms with Crippen LogP contribution in [0.3, 0.4) is 0 Å². The summed E-state index contributed by atoms with van der Waals surface area (Å²) in [5, 5.41) is 5.34. The first-order chi connectivity index (χ1) is 12.2. The second kappa shape index (κ2) is 6.58. The minimum absolute atomic E-state index is 0.229. The maximum absolute atomic E-state index is 12.4. The Balaban J connectivity index is 1.48. The summed E-state index contributed by atoms with van der Waals surface area (Å²) in [6.07, 6.45) is 6.68. The van der Waals surface area contributed by atoms with Crippen LogP contribution in [0.25, 0.3) is 16.4 Å². The maximum Gasteiger partial charge on any atom is 0.259 e. The minimum atomic E-state index is -0.229. The van der Waals surface area contributed by atoms with E-state index in [-0.39, 0.29) is 5.91 Å². The first-order valence-corrected chi connectivity index (χ1v) is 9.17. The molecule has 4 rings (SSSR count). The molecule has 8 heteroatoms. The molecular weight excluding hydrogens is 354 g/mol. The maximum atomic E-state index is 12.4. The number of aromatic nitrogens is 4. The summed E-state index contributed by atoms with van der Waals surface area (Å²) >= 11 is 3.09. The smallest absolute Gasteiger partial charge is 0.259 e. The van der Waals surface area contributed by atoms with Gasteiger partial charge in [0, 0.05) is 28.8 Å². The summed E-state index contributed by atoms with van der Waals surface area (Å²) in [5.41, 5.74) is 1.36. The zero-order valence-corrected chi connectivity index (χ0v) is 14.8. The van der Waals surface area contributed by atoms with Crippen molar-refractivity contribution in [2.45, 2.75) is 6.92 Å². The molecule has 0 saturated heterocycles. The van der Waals surface area contributed by atoms with Gasteiger partial charge in [0.1, 0.15) is 12.1 Å². The molecule has 0 unspecified atom stereocenters. The lowest BCUT2D eigenvalue weighted by atomic mass is 10.2. The fourth-order valence-electron chi connectivity index (χ4n) is 2.25. The third-order valence-electron chi connectivity index (χ3n) is 3.50. The normalized spacial score (nSPS) is 10.8. The number of thiazole rings is 1. The Morgan fingerprint density at radius 2 is 2.16 bits per heavy atom. The fraction of sp³-hybridized carbons (Fsp3) is 0.0588. The topological polar surface area (TPSA) is 72.7 Å². The molecule has 0 aliphatic heterocycles. The van der Waals surface area contributed by atoms with Crippen LogP contribution in [-0.2, 0) is 0 Å². The monoisotopic (exact) mass is 367 g/mol. The van der Waals surface area contributed by atoms with Gasteiger partial charge >= 0.3 is 0 Å². The van der Waals surface area contributed by atoms with E-state index in [0.29, 0.717) is 16.5 Å². The number of anilines is 1. The molecule has 1 amide bonds. The van der Waals surface area contributed by atoms with Crippen LogP contribution in [0.2, 0.25) is 0 Å². The molecule has 4 aromatic heterocycles. The first-order valence-electron chi connectivity index (χ1n) is 7.47. The molecule has 0 atom stereocenters. The highest BCUT2D eigenvalue weighted by atomic mass is 32.1. The van der Waals surface area contributed by atoms with E-state index in [1.54, 1.807) is 53.0 Å². The van der Waals surface area contributed by atoms with Gasteiger partial charge in [-0.25, -0.2) is 15.0 Å². The van der Waals surface area contributed by atoms with E-state index >= 15 is 0 Å². The number of carbonyl (C=O) groups excluding carboxylic acids is 1. The molecule has 6 nitrogen and oxygen atoms in total. The SMILES string of the molecule is Cc1ccc(-c2csc(NC(=O)c3ccc(-n4ccnc4)nc3)n2)s1. The van der Waals surface area contributed by atoms with E-state index in [4.69, 9.17) is 0 Å². The summed E-state index contributed by atoms with van der Waals surface area (Å²) in [4.78, 5) is 27.4.